The van der Waals surface area contributed by atoms with Gasteiger partial charge in [0, 0.05) is 11.1 Å². The van der Waals surface area contributed by atoms with Crippen LogP contribution in [0.25, 0.3) is 0 Å². The van der Waals surface area contributed by atoms with Gasteiger partial charge in [-0.2, -0.15) is 0 Å². The first-order valence-corrected chi connectivity index (χ1v) is 12.2. The van der Waals surface area contributed by atoms with E-state index in [0.29, 0.717) is 17.1 Å². The topological polar surface area (TPSA) is 119 Å². The largest absolute Gasteiger partial charge is 0.326 e. The molecule has 0 aliphatic rings. The fourth-order valence-corrected chi connectivity index (χ4v) is 5.17. The van der Waals surface area contributed by atoms with Gasteiger partial charge in [0.25, 0.3) is 0 Å². The van der Waals surface area contributed by atoms with Crippen LogP contribution < -0.4 is 10.5 Å². The number of thiazole rings is 1. The van der Waals surface area contributed by atoms with Crippen LogP contribution in [0.5, 0.6) is 0 Å². The molecular weight excluding hydrogens is 438 g/mol. The highest BCUT2D eigenvalue weighted by Gasteiger charge is 2.12. The zero-order valence-electron chi connectivity index (χ0n) is 14.3. The molecule has 3 aromatic rings. The Kier molecular flexibility index (Phi) is 6.62. The maximum Gasteiger partial charge on any atom is 0.238 e. The number of Topliss-reactive ketones (excluding diaryl/α,β-unsaturated/α-hetero) is 1. The minimum atomic E-state index is -3.77. The van der Waals surface area contributed by atoms with Gasteiger partial charge in [-0.3, -0.25) is 9.59 Å². The lowest BCUT2D eigenvalue weighted by Gasteiger charge is -2.05. The number of ketones is 1. The van der Waals surface area contributed by atoms with Crippen molar-refractivity contribution >= 4 is 61.8 Å². The number of benzene rings is 1. The summed E-state index contributed by atoms with van der Waals surface area (Å²) in [5.74, 6) is 0.0769. The monoisotopic (exact) mass is 453 g/mol. The van der Waals surface area contributed by atoms with Crippen molar-refractivity contribution in [1.29, 1.82) is 0 Å². The van der Waals surface area contributed by atoms with Crippen molar-refractivity contribution in [1.82, 2.24) is 4.98 Å². The second-order valence-corrected chi connectivity index (χ2v) is 10.2. The van der Waals surface area contributed by atoms with Gasteiger partial charge in [0.1, 0.15) is 0 Å². The number of hydrogen-bond acceptors (Lipinski definition) is 8. The van der Waals surface area contributed by atoms with Crippen LogP contribution in [0.2, 0.25) is 0 Å². The number of rotatable bonds is 8. The third kappa shape index (κ3) is 5.72. The van der Waals surface area contributed by atoms with Crippen LogP contribution in [0.3, 0.4) is 0 Å². The molecule has 28 heavy (non-hydrogen) atoms. The predicted octanol–water partition coefficient (Wildman–Crippen LogP) is 3.01. The second-order valence-electron chi connectivity index (χ2n) is 5.59. The molecule has 0 radical (unpaired) electrons. The van der Waals surface area contributed by atoms with Crippen molar-refractivity contribution < 1.29 is 18.0 Å². The van der Waals surface area contributed by atoms with Gasteiger partial charge in [0.2, 0.25) is 15.9 Å². The molecule has 0 fully saturated rings. The van der Waals surface area contributed by atoms with E-state index in [1.165, 1.54) is 58.7 Å². The summed E-state index contributed by atoms with van der Waals surface area (Å²) in [6, 6.07) is 9.22. The van der Waals surface area contributed by atoms with Crippen LogP contribution in [0, 0.1) is 0 Å². The van der Waals surface area contributed by atoms with Crippen LogP contribution in [0.1, 0.15) is 15.4 Å². The van der Waals surface area contributed by atoms with Gasteiger partial charge in [-0.25, -0.2) is 18.5 Å². The van der Waals surface area contributed by atoms with E-state index in [0.717, 1.165) is 9.22 Å². The highest BCUT2D eigenvalue weighted by molar-refractivity contribution is 8.01. The highest BCUT2D eigenvalue weighted by atomic mass is 32.2. The van der Waals surface area contributed by atoms with E-state index in [1.807, 2.05) is 11.4 Å². The van der Waals surface area contributed by atoms with E-state index >= 15 is 0 Å². The third-order valence-corrected chi connectivity index (χ3v) is 7.37. The van der Waals surface area contributed by atoms with E-state index in [2.05, 4.69) is 10.3 Å². The summed E-state index contributed by atoms with van der Waals surface area (Å²) < 4.78 is 23.2. The van der Waals surface area contributed by atoms with E-state index in [-0.39, 0.29) is 23.0 Å². The molecule has 0 spiro atoms. The average Bonchev–Trinajstić information content (AvgIpc) is 3.31. The van der Waals surface area contributed by atoms with Gasteiger partial charge in [-0.05, 0) is 35.7 Å². The Hall–Kier alpha value is -2.05. The van der Waals surface area contributed by atoms with E-state index in [4.69, 9.17) is 5.14 Å². The molecular formula is C17H15N3O4S4. The van der Waals surface area contributed by atoms with E-state index in [9.17, 15) is 18.0 Å². The number of hydrogen-bond donors (Lipinski definition) is 2. The number of nitrogens with one attached hydrogen (secondary N) is 1. The molecule has 7 nitrogen and oxygen atoms in total. The Morgan fingerprint density at radius 3 is 2.54 bits per heavy atom. The molecule has 0 saturated carbocycles. The number of carbonyl (C=O) groups is 2. The lowest BCUT2D eigenvalue weighted by atomic mass is 10.3. The predicted molar refractivity (Wildman–Crippen MR) is 112 cm³/mol. The number of anilines is 1. The molecule has 0 unspecified atom stereocenters. The fraction of sp³-hybridized carbons (Fsp3) is 0.118. The zero-order valence-corrected chi connectivity index (χ0v) is 17.6. The number of primary sulfonamides is 1. The smallest absolute Gasteiger partial charge is 0.238 e. The van der Waals surface area contributed by atoms with Crippen molar-refractivity contribution in [3.05, 3.63) is 57.7 Å². The summed E-state index contributed by atoms with van der Waals surface area (Å²) in [5.41, 5.74) is 1.07. The summed E-state index contributed by atoms with van der Waals surface area (Å²) in [6.45, 7) is 0. The Morgan fingerprint density at radius 2 is 1.89 bits per heavy atom. The van der Waals surface area contributed by atoms with Crippen molar-refractivity contribution in [2.45, 2.75) is 15.7 Å². The molecule has 0 aliphatic heterocycles. The lowest BCUT2D eigenvalue weighted by Crippen LogP contribution is -2.15. The SMILES string of the molecule is NS(=O)(=O)c1ccc(NC(=O)Cc2csc(SCC(=O)c3cccs3)n2)cc1. The van der Waals surface area contributed by atoms with Crippen LogP contribution in [0.15, 0.2) is 56.4 Å². The van der Waals surface area contributed by atoms with E-state index in [1.54, 1.807) is 11.4 Å². The van der Waals surface area contributed by atoms with Crippen molar-refractivity contribution in [3.63, 3.8) is 0 Å². The van der Waals surface area contributed by atoms with Gasteiger partial charge in [0.05, 0.1) is 27.6 Å². The number of nitrogens with zero attached hydrogens (tertiary/aromatic N) is 1. The molecule has 2 heterocycles. The van der Waals surface area contributed by atoms with Gasteiger partial charge < -0.3 is 5.32 Å². The summed E-state index contributed by atoms with van der Waals surface area (Å²) in [5, 5.41) is 11.4. The summed E-state index contributed by atoms with van der Waals surface area (Å²) >= 11 is 4.14. The van der Waals surface area contributed by atoms with Crippen LogP contribution in [0.4, 0.5) is 5.69 Å². The third-order valence-electron chi connectivity index (χ3n) is 3.46. The zero-order chi connectivity index (χ0) is 20.1. The summed E-state index contributed by atoms with van der Waals surface area (Å²) in [6.07, 6.45) is 0.0763. The van der Waals surface area contributed by atoms with Gasteiger partial charge >= 0.3 is 0 Å². The Bertz CT molecular complexity index is 1070. The fourth-order valence-electron chi connectivity index (χ4n) is 2.17. The first-order valence-electron chi connectivity index (χ1n) is 7.88. The maximum absolute atomic E-state index is 12.1. The van der Waals surface area contributed by atoms with Crippen LogP contribution in [-0.2, 0) is 21.2 Å². The normalized spacial score (nSPS) is 11.3. The second kappa shape index (κ2) is 8.97. The molecule has 0 saturated heterocycles. The minimum Gasteiger partial charge on any atom is -0.326 e. The molecule has 0 aliphatic carbocycles. The quantitative estimate of drug-likeness (QED) is 0.400. The number of amides is 1. The van der Waals surface area contributed by atoms with Crippen LogP contribution >= 0.6 is 34.4 Å². The first kappa shape index (κ1) is 20.7. The number of nitrogens with two attached hydrogens (primary N) is 1. The Balaban J connectivity index is 1.51. The molecule has 0 atom stereocenters. The minimum absolute atomic E-state index is 0.0243. The number of carbonyl (C=O) groups excluding carboxylic acids is 2. The molecule has 146 valence electrons. The van der Waals surface area contributed by atoms with Gasteiger partial charge in [0.15, 0.2) is 10.1 Å². The standard InChI is InChI=1S/C17H15N3O4S4/c18-28(23,24)13-5-3-11(4-6-13)19-16(22)8-12-9-26-17(20-12)27-10-14(21)15-2-1-7-25-15/h1-7,9H,8,10H2,(H,19,22)(H2,18,23,24). The van der Waals surface area contributed by atoms with Crippen molar-refractivity contribution in [2.24, 2.45) is 5.14 Å². The molecule has 2 aromatic heterocycles. The number of thiophene rings is 1. The van der Waals surface area contributed by atoms with Crippen LogP contribution in [-0.4, -0.2) is 30.8 Å². The molecule has 3 N–H and O–H groups in total. The average molecular weight is 454 g/mol. The number of aromatic nitrogens is 1. The van der Waals surface area contributed by atoms with Crippen molar-refractivity contribution in [3.8, 4) is 0 Å². The molecule has 1 amide bonds. The lowest BCUT2D eigenvalue weighted by molar-refractivity contribution is -0.115. The number of thioether (sulfide) groups is 1. The maximum atomic E-state index is 12.1. The summed E-state index contributed by atoms with van der Waals surface area (Å²) in [7, 11) is -3.77. The first-order chi connectivity index (χ1) is 13.3. The van der Waals surface area contributed by atoms with E-state index < -0.39 is 10.0 Å². The van der Waals surface area contributed by atoms with Crippen molar-refractivity contribution in [2.75, 3.05) is 11.1 Å². The Morgan fingerprint density at radius 1 is 1.14 bits per heavy atom. The molecule has 11 heteroatoms. The molecule has 3 rings (SSSR count). The van der Waals surface area contributed by atoms with Gasteiger partial charge in [-0.15, -0.1) is 22.7 Å². The molecule has 0 bridgehead atoms. The summed E-state index contributed by atoms with van der Waals surface area (Å²) in [4.78, 5) is 29.2. The Labute approximate surface area is 174 Å². The highest BCUT2D eigenvalue weighted by Crippen LogP contribution is 2.25. The molecule has 1 aromatic carbocycles. The van der Waals surface area contributed by atoms with Gasteiger partial charge in [-0.1, -0.05) is 17.8 Å². The number of sulfonamides is 1.